The van der Waals surface area contributed by atoms with Crippen molar-refractivity contribution in [1.82, 2.24) is 4.90 Å². The highest BCUT2D eigenvalue weighted by Crippen LogP contribution is 2.44. The Bertz CT molecular complexity index is 1870. The molecule has 2 fully saturated rings. The first-order chi connectivity index (χ1) is 25.5. The number of carboxylic acids is 1. The standard InChI is InChI=1S/C40H41FN2O9S/c1-39(2)23-51-40(52-24-39,28-11-19-31(48-3)20-12-28)25-53-36(37(46)43-33(21-50-38(43)47)26-7-5-4-6-8-26)35(42-30-15-13-29(41)14-16-30)27-9-17-32(18-10-27)49-22-34(44)45/h4-20,33,35-36,42H,21-25H2,1-3H3,(H,44,45)/t33-,35+,36-/m1/s1. The van der Waals surface area contributed by atoms with E-state index >= 15 is 4.79 Å². The quantitative estimate of drug-likeness (QED) is 0.136. The van der Waals surface area contributed by atoms with Gasteiger partial charge in [0.1, 0.15) is 35.2 Å². The van der Waals surface area contributed by atoms with Gasteiger partial charge >= 0.3 is 12.1 Å². The third-order valence-electron chi connectivity index (χ3n) is 8.98. The first-order valence-corrected chi connectivity index (χ1v) is 18.1. The van der Waals surface area contributed by atoms with Crippen molar-refractivity contribution in [3.63, 3.8) is 0 Å². The monoisotopic (exact) mass is 744 g/mol. The molecule has 0 aliphatic carbocycles. The van der Waals surface area contributed by atoms with Crippen LogP contribution in [-0.4, -0.2) is 72.5 Å². The maximum Gasteiger partial charge on any atom is 0.417 e. The smallest absolute Gasteiger partial charge is 0.417 e. The van der Waals surface area contributed by atoms with Crippen LogP contribution < -0.4 is 14.8 Å². The van der Waals surface area contributed by atoms with Crippen LogP contribution in [0.4, 0.5) is 14.9 Å². The highest BCUT2D eigenvalue weighted by atomic mass is 32.2. The number of cyclic esters (lactones) is 1. The molecule has 53 heavy (non-hydrogen) atoms. The van der Waals surface area contributed by atoms with E-state index < -0.39 is 53.5 Å². The molecule has 13 heteroatoms. The van der Waals surface area contributed by atoms with E-state index in [0.717, 1.165) is 16.0 Å². The second-order valence-corrected chi connectivity index (χ2v) is 14.7. The number of imide groups is 1. The van der Waals surface area contributed by atoms with Crippen LogP contribution in [0.2, 0.25) is 0 Å². The molecule has 3 atom stereocenters. The Labute approximate surface area is 311 Å². The summed E-state index contributed by atoms with van der Waals surface area (Å²) < 4.78 is 43.4. The summed E-state index contributed by atoms with van der Waals surface area (Å²) in [7, 11) is 1.58. The summed E-state index contributed by atoms with van der Waals surface area (Å²) in [5, 5.41) is 11.5. The van der Waals surface area contributed by atoms with Gasteiger partial charge in [0, 0.05) is 16.7 Å². The zero-order valence-electron chi connectivity index (χ0n) is 29.5. The average Bonchev–Trinajstić information content (AvgIpc) is 3.56. The molecule has 0 aromatic heterocycles. The molecule has 4 aromatic rings. The number of benzene rings is 4. The van der Waals surface area contributed by atoms with Crippen LogP contribution in [0.25, 0.3) is 0 Å². The van der Waals surface area contributed by atoms with Gasteiger partial charge in [-0.3, -0.25) is 4.79 Å². The molecule has 11 nitrogen and oxygen atoms in total. The Kier molecular flexibility index (Phi) is 11.6. The summed E-state index contributed by atoms with van der Waals surface area (Å²) >= 11 is 1.24. The predicted molar refractivity (Wildman–Crippen MR) is 196 cm³/mol. The Hall–Kier alpha value is -5.11. The normalized spacial score (nSPS) is 18.8. The van der Waals surface area contributed by atoms with Crippen molar-refractivity contribution in [3.8, 4) is 11.5 Å². The number of hydrogen-bond donors (Lipinski definition) is 2. The van der Waals surface area contributed by atoms with Gasteiger partial charge in [-0.2, -0.15) is 0 Å². The van der Waals surface area contributed by atoms with E-state index in [1.807, 2.05) is 68.4 Å². The number of anilines is 1. The third kappa shape index (κ3) is 8.93. The molecule has 0 spiro atoms. The van der Waals surface area contributed by atoms with Gasteiger partial charge < -0.3 is 34.1 Å². The predicted octanol–water partition coefficient (Wildman–Crippen LogP) is 7.20. The van der Waals surface area contributed by atoms with Crippen LogP contribution >= 0.6 is 11.8 Å². The van der Waals surface area contributed by atoms with Crippen molar-refractivity contribution in [1.29, 1.82) is 0 Å². The molecule has 0 bridgehead atoms. The number of nitrogens with zero attached hydrogens (tertiary/aromatic N) is 1. The molecule has 2 heterocycles. The third-order valence-corrected chi connectivity index (χ3v) is 10.4. The van der Waals surface area contributed by atoms with Crippen LogP contribution in [0, 0.1) is 11.2 Å². The molecule has 2 aliphatic rings. The van der Waals surface area contributed by atoms with E-state index in [0.29, 0.717) is 36.0 Å². The molecule has 4 aromatic carbocycles. The van der Waals surface area contributed by atoms with E-state index in [1.54, 1.807) is 43.5 Å². The fraction of sp³-hybridized carbons (Fsp3) is 0.325. The van der Waals surface area contributed by atoms with Gasteiger partial charge in [0.15, 0.2) is 6.61 Å². The summed E-state index contributed by atoms with van der Waals surface area (Å²) in [4.78, 5) is 40.8. The van der Waals surface area contributed by atoms with Gasteiger partial charge in [-0.1, -0.05) is 56.3 Å². The molecule has 0 unspecified atom stereocenters. The first kappa shape index (κ1) is 37.6. The molecule has 2 N–H and O–H groups in total. The number of aliphatic carboxylic acids is 1. The van der Waals surface area contributed by atoms with E-state index in [-0.39, 0.29) is 17.8 Å². The Morgan fingerprint density at radius 3 is 2.21 bits per heavy atom. The maximum absolute atomic E-state index is 15.1. The van der Waals surface area contributed by atoms with E-state index in [9.17, 15) is 14.0 Å². The lowest BCUT2D eigenvalue weighted by Crippen LogP contribution is -2.49. The Balaban J connectivity index is 1.43. The lowest BCUT2D eigenvalue weighted by molar-refractivity contribution is -0.295. The number of hydrogen-bond acceptors (Lipinski definition) is 10. The SMILES string of the molecule is COc1ccc(C2(CS[C@@H](C(=O)N3C(=O)OC[C@@H]3c3ccccc3)[C@@H](Nc3ccc(F)cc3)c3ccc(OCC(=O)O)cc3)OCC(C)(C)CO2)cc1. The highest BCUT2D eigenvalue weighted by molar-refractivity contribution is 8.00. The number of amides is 2. The van der Waals surface area contributed by atoms with Crippen molar-refractivity contribution >= 4 is 35.4 Å². The average molecular weight is 745 g/mol. The number of carbonyl (C=O) groups is 3. The molecular formula is C40H41FN2O9S. The summed E-state index contributed by atoms with van der Waals surface area (Å²) in [5.74, 6) is -2.27. The number of thioether (sulfide) groups is 1. The van der Waals surface area contributed by atoms with Crippen LogP contribution in [0.15, 0.2) is 103 Å². The van der Waals surface area contributed by atoms with Crippen LogP contribution in [0.1, 0.15) is 42.6 Å². The summed E-state index contributed by atoms with van der Waals surface area (Å²) in [6, 6.07) is 27.4. The Morgan fingerprint density at radius 1 is 0.943 bits per heavy atom. The fourth-order valence-corrected chi connectivity index (χ4v) is 7.50. The number of methoxy groups -OCH3 is 1. The summed E-state index contributed by atoms with van der Waals surface area (Å²) in [5.41, 5.74) is 2.31. The van der Waals surface area contributed by atoms with Gasteiger partial charge in [0.05, 0.1) is 32.1 Å². The molecular weight excluding hydrogens is 704 g/mol. The zero-order valence-corrected chi connectivity index (χ0v) is 30.3. The van der Waals surface area contributed by atoms with Gasteiger partial charge in [0.2, 0.25) is 11.7 Å². The van der Waals surface area contributed by atoms with Gasteiger partial charge in [-0.05, 0) is 71.8 Å². The lowest BCUT2D eigenvalue weighted by Gasteiger charge is -2.44. The second-order valence-electron chi connectivity index (χ2n) is 13.5. The molecule has 2 saturated heterocycles. The first-order valence-electron chi connectivity index (χ1n) is 17.0. The number of halogens is 1. The van der Waals surface area contributed by atoms with Crippen molar-refractivity contribution in [2.45, 2.75) is 37.0 Å². The highest BCUT2D eigenvalue weighted by Gasteiger charge is 2.48. The molecule has 0 radical (unpaired) electrons. The van der Waals surface area contributed by atoms with Crippen LogP contribution in [0.3, 0.4) is 0 Å². The minimum Gasteiger partial charge on any atom is -0.497 e. The number of ether oxygens (including phenoxy) is 5. The fourth-order valence-electron chi connectivity index (χ4n) is 6.09. The van der Waals surface area contributed by atoms with Crippen molar-refractivity contribution in [2.75, 3.05) is 44.6 Å². The number of rotatable bonds is 14. The summed E-state index contributed by atoms with van der Waals surface area (Å²) in [6.45, 7) is 4.29. The van der Waals surface area contributed by atoms with Gasteiger partial charge in [-0.15, -0.1) is 11.8 Å². The Morgan fingerprint density at radius 2 is 1.58 bits per heavy atom. The maximum atomic E-state index is 15.1. The lowest BCUT2D eigenvalue weighted by atomic mass is 9.93. The minimum atomic E-state index is -1.27. The number of carbonyl (C=O) groups excluding carboxylic acids is 2. The van der Waals surface area contributed by atoms with Crippen molar-refractivity contribution in [2.24, 2.45) is 5.41 Å². The zero-order chi connectivity index (χ0) is 37.6. The number of nitrogens with one attached hydrogen (secondary N) is 1. The van der Waals surface area contributed by atoms with Crippen LogP contribution in [0.5, 0.6) is 11.5 Å². The molecule has 0 saturated carbocycles. The summed E-state index contributed by atoms with van der Waals surface area (Å²) in [6.07, 6.45) is -0.774. The van der Waals surface area contributed by atoms with Gasteiger partial charge in [-0.25, -0.2) is 18.9 Å². The molecule has 2 aliphatic heterocycles. The van der Waals surface area contributed by atoms with E-state index in [2.05, 4.69) is 5.32 Å². The van der Waals surface area contributed by atoms with Crippen LogP contribution in [-0.2, 0) is 29.6 Å². The minimum absolute atomic E-state index is 0.0191. The molecule has 278 valence electrons. The topological polar surface area (TPSA) is 133 Å². The van der Waals surface area contributed by atoms with Crippen molar-refractivity contribution in [3.05, 3.63) is 126 Å². The second kappa shape index (κ2) is 16.3. The van der Waals surface area contributed by atoms with Crippen molar-refractivity contribution < 1.29 is 47.6 Å². The van der Waals surface area contributed by atoms with Gasteiger partial charge in [0.25, 0.3) is 0 Å². The van der Waals surface area contributed by atoms with E-state index in [1.165, 1.54) is 23.9 Å². The van der Waals surface area contributed by atoms with E-state index in [4.69, 9.17) is 28.8 Å². The molecule has 6 rings (SSSR count). The largest absolute Gasteiger partial charge is 0.497 e. The number of carboxylic acid groups (broad SMARTS) is 1. The molecule has 2 amide bonds.